The van der Waals surface area contributed by atoms with E-state index in [1.807, 2.05) is 62.1 Å². The number of carbonyl (C=O) groups is 1. The predicted octanol–water partition coefficient (Wildman–Crippen LogP) is 4.86. The molecule has 0 aliphatic heterocycles. The van der Waals surface area contributed by atoms with Gasteiger partial charge in [0.1, 0.15) is 5.75 Å². The highest BCUT2D eigenvalue weighted by Gasteiger charge is 2.15. The maximum absolute atomic E-state index is 12.6. The van der Waals surface area contributed by atoms with Gasteiger partial charge in [-0.05, 0) is 51.1 Å². The Balaban J connectivity index is 2.22. The van der Waals surface area contributed by atoms with Gasteiger partial charge in [-0.25, -0.2) is 0 Å². The molecule has 0 N–H and O–H groups in total. The van der Waals surface area contributed by atoms with Crippen molar-refractivity contribution < 1.29 is 9.53 Å². The minimum atomic E-state index is 0.0778. The van der Waals surface area contributed by atoms with E-state index in [9.17, 15) is 4.79 Å². The maximum Gasteiger partial charge on any atom is 0.253 e. The fourth-order valence-electron chi connectivity index (χ4n) is 2.49. The summed E-state index contributed by atoms with van der Waals surface area (Å²) in [5.74, 6) is 1.71. The second kappa shape index (κ2) is 9.38. The molecule has 0 saturated carbocycles. The molecule has 0 atom stereocenters. The minimum Gasteiger partial charge on any atom is -0.494 e. The molecule has 0 fully saturated rings. The number of rotatable bonds is 8. The van der Waals surface area contributed by atoms with Crippen LogP contribution in [0.1, 0.15) is 36.7 Å². The van der Waals surface area contributed by atoms with Crippen molar-refractivity contribution in [2.75, 3.05) is 19.7 Å². The van der Waals surface area contributed by atoms with Gasteiger partial charge in [0.2, 0.25) is 0 Å². The van der Waals surface area contributed by atoms with Crippen LogP contribution in [0.25, 0.3) is 0 Å². The van der Waals surface area contributed by atoms with Crippen LogP contribution in [0.5, 0.6) is 5.75 Å². The number of hydrogen-bond donors (Lipinski definition) is 0. The largest absolute Gasteiger partial charge is 0.494 e. The Kier molecular flexibility index (Phi) is 7.19. The topological polar surface area (TPSA) is 29.5 Å². The van der Waals surface area contributed by atoms with Gasteiger partial charge < -0.3 is 9.64 Å². The molecule has 0 unspecified atom stereocenters. The Morgan fingerprint density at radius 3 is 2.38 bits per heavy atom. The highest BCUT2D eigenvalue weighted by atomic mass is 32.2. The van der Waals surface area contributed by atoms with Crippen LogP contribution in [0.15, 0.2) is 53.4 Å². The van der Waals surface area contributed by atoms with Gasteiger partial charge in [0.05, 0.1) is 6.61 Å². The highest BCUT2D eigenvalue weighted by molar-refractivity contribution is 7.98. The van der Waals surface area contributed by atoms with Gasteiger partial charge in [-0.2, -0.15) is 0 Å². The summed E-state index contributed by atoms with van der Waals surface area (Å²) in [6, 6.07) is 16.0. The lowest BCUT2D eigenvalue weighted by atomic mass is 10.1. The second-order valence-corrected chi connectivity index (χ2v) is 6.38. The molecular formula is C20H25NO2S. The zero-order valence-corrected chi connectivity index (χ0v) is 15.4. The molecule has 24 heavy (non-hydrogen) atoms. The van der Waals surface area contributed by atoms with Crippen molar-refractivity contribution in [3.8, 4) is 5.75 Å². The van der Waals surface area contributed by atoms with Gasteiger partial charge in [0.15, 0.2) is 0 Å². The normalized spacial score (nSPS) is 10.5. The molecule has 0 aromatic heterocycles. The lowest BCUT2D eigenvalue weighted by molar-refractivity contribution is 0.0773. The zero-order chi connectivity index (χ0) is 17.4. The molecule has 0 bridgehead atoms. The molecule has 0 aliphatic carbocycles. The van der Waals surface area contributed by atoms with E-state index in [1.165, 1.54) is 4.90 Å². The molecule has 0 heterocycles. The molecule has 2 rings (SSSR count). The smallest absolute Gasteiger partial charge is 0.253 e. The van der Waals surface area contributed by atoms with Crippen LogP contribution in [-0.2, 0) is 5.75 Å². The molecule has 0 aliphatic rings. The summed E-state index contributed by atoms with van der Waals surface area (Å²) >= 11 is 1.75. The molecular weight excluding hydrogens is 318 g/mol. The second-order valence-electron chi connectivity index (χ2n) is 5.33. The number of amides is 1. The van der Waals surface area contributed by atoms with Crippen molar-refractivity contribution in [3.63, 3.8) is 0 Å². The van der Waals surface area contributed by atoms with Gasteiger partial charge in [0.25, 0.3) is 5.91 Å². The molecule has 128 valence electrons. The Labute approximate surface area is 149 Å². The van der Waals surface area contributed by atoms with Crippen molar-refractivity contribution >= 4 is 17.7 Å². The molecule has 0 saturated heterocycles. The molecule has 0 radical (unpaired) electrons. The Morgan fingerprint density at radius 1 is 1.04 bits per heavy atom. The van der Waals surface area contributed by atoms with Crippen LogP contribution >= 0.6 is 11.8 Å². The van der Waals surface area contributed by atoms with E-state index in [4.69, 9.17) is 4.74 Å². The van der Waals surface area contributed by atoms with Crippen LogP contribution in [0, 0.1) is 0 Å². The first kappa shape index (κ1) is 18.4. The van der Waals surface area contributed by atoms with E-state index in [0.29, 0.717) is 6.61 Å². The molecule has 2 aromatic carbocycles. The third-order valence-corrected chi connectivity index (χ3v) is 4.86. The minimum absolute atomic E-state index is 0.0778. The summed E-state index contributed by atoms with van der Waals surface area (Å²) < 4.78 is 5.74. The molecule has 4 heteroatoms. The van der Waals surface area contributed by atoms with Crippen LogP contribution < -0.4 is 4.74 Å². The fraction of sp³-hybridized carbons (Fsp3) is 0.350. The monoisotopic (exact) mass is 343 g/mol. The highest BCUT2D eigenvalue weighted by Crippen LogP contribution is 2.29. The standard InChI is InChI=1S/C20H25NO2S/c1-4-21(5-2)20(22)16-12-13-19(23-6-3)17(14-16)15-24-18-10-8-7-9-11-18/h7-14H,4-6,15H2,1-3H3. The van der Waals surface area contributed by atoms with Gasteiger partial charge in [-0.1, -0.05) is 18.2 Å². The average molecular weight is 343 g/mol. The third-order valence-electron chi connectivity index (χ3n) is 3.80. The number of hydrogen-bond acceptors (Lipinski definition) is 3. The summed E-state index contributed by atoms with van der Waals surface area (Å²) in [6.07, 6.45) is 0. The van der Waals surface area contributed by atoms with Gasteiger partial charge in [0, 0.05) is 34.9 Å². The lowest BCUT2D eigenvalue weighted by Crippen LogP contribution is -2.30. The van der Waals surface area contributed by atoms with Crippen LogP contribution in [0.3, 0.4) is 0 Å². The molecule has 2 aromatic rings. The first-order chi connectivity index (χ1) is 11.7. The summed E-state index contributed by atoms with van der Waals surface area (Å²) in [4.78, 5) is 15.6. The number of thioether (sulfide) groups is 1. The number of carbonyl (C=O) groups excluding carboxylic acids is 1. The summed E-state index contributed by atoms with van der Waals surface area (Å²) in [6.45, 7) is 8.03. The van der Waals surface area contributed by atoms with E-state index in [2.05, 4.69) is 12.1 Å². The quantitative estimate of drug-likeness (QED) is 0.641. The molecule has 1 amide bonds. The molecule has 3 nitrogen and oxygen atoms in total. The fourth-order valence-corrected chi connectivity index (χ4v) is 3.39. The summed E-state index contributed by atoms with van der Waals surface area (Å²) in [7, 11) is 0. The van der Waals surface area contributed by atoms with E-state index in [-0.39, 0.29) is 5.91 Å². The van der Waals surface area contributed by atoms with Crippen molar-refractivity contribution in [1.29, 1.82) is 0 Å². The first-order valence-corrected chi connectivity index (χ1v) is 9.40. The van der Waals surface area contributed by atoms with Crippen LogP contribution in [0.4, 0.5) is 0 Å². The van der Waals surface area contributed by atoms with Gasteiger partial charge in [-0.15, -0.1) is 11.8 Å². The van der Waals surface area contributed by atoms with Crippen molar-refractivity contribution in [2.45, 2.75) is 31.4 Å². The number of benzene rings is 2. The Bertz CT molecular complexity index is 654. The first-order valence-electron chi connectivity index (χ1n) is 8.42. The van der Waals surface area contributed by atoms with E-state index in [0.717, 1.165) is 35.7 Å². The summed E-state index contributed by atoms with van der Waals surface area (Å²) in [5, 5.41) is 0. The average Bonchev–Trinajstić information content (AvgIpc) is 2.63. The van der Waals surface area contributed by atoms with Gasteiger partial charge >= 0.3 is 0 Å². The summed E-state index contributed by atoms with van der Waals surface area (Å²) in [5.41, 5.74) is 1.79. The Hall–Kier alpha value is -1.94. The van der Waals surface area contributed by atoms with Crippen LogP contribution in [-0.4, -0.2) is 30.5 Å². The van der Waals surface area contributed by atoms with Gasteiger partial charge in [-0.3, -0.25) is 4.79 Å². The zero-order valence-electron chi connectivity index (χ0n) is 14.6. The van der Waals surface area contributed by atoms with Crippen molar-refractivity contribution in [1.82, 2.24) is 4.90 Å². The third kappa shape index (κ3) is 4.78. The number of nitrogens with zero attached hydrogens (tertiary/aromatic N) is 1. The Morgan fingerprint density at radius 2 is 1.75 bits per heavy atom. The van der Waals surface area contributed by atoms with E-state index < -0.39 is 0 Å². The van der Waals surface area contributed by atoms with Crippen LogP contribution in [0.2, 0.25) is 0 Å². The van der Waals surface area contributed by atoms with E-state index in [1.54, 1.807) is 11.8 Å². The van der Waals surface area contributed by atoms with Crippen molar-refractivity contribution in [3.05, 3.63) is 59.7 Å². The maximum atomic E-state index is 12.6. The number of ether oxygens (including phenoxy) is 1. The van der Waals surface area contributed by atoms with Crippen molar-refractivity contribution in [2.24, 2.45) is 0 Å². The lowest BCUT2D eigenvalue weighted by Gasteiger charge is -2.19. The van der Waals surface area contributed by atoms with E-state index >= 15 is 0 Å². The SMILES string of the molecule is CCOc1ccc(C(=O)N(CC)CC)cc1CSc1ccccc1. The predicted molar refractivity (Wildman–Crippen MR) is 101 cm³/mol. The molecule has 0 spiro atoms.